The summed E-state index contributed by atoms with van der Waals surface area (Å²) in [5, 5.41) is 0.545. The molecule has 102 valence electrons. The molecule has 0 bridgehead atoms. The van der Waals surface area contributed by atoms with Gasteiger partial charge in [0.15, 0.2) is 0 Å². The third-order valence-electron chi connectivity index (χ3n) is 2.27. The number of nitrogen functional groups attached to an aromatic ring is 1. The van der Waals surface area contributed by atoms with Gasteiger partial charge in [-0.3, -0.25) is 4.21 Å². The van der Waals surface area contributed by atoms with E-state index in [0.29, 0.717) is 47.6 Å². The SMILES string of the molecule is COCCOCCCS(=O)c1cc(Cl)ccc1N. The molecule has 2 N–H and O–H groups in total. The second-order valence-electron chi connectivity index (χ2n) is 3.69. The summed E-state index contributed by atoms with van der Waals surface area (Å²) in [6.07, 6.45) is 0.711. The van der Waals surface area contributed by atoms with E-state index in [2.05, 4.69) is 0 Å². The molecule has 6 heteroatoms. The molecule has 0 aliphatic rings. The summed E-state index contributed by atoms with van der Waals surface area (Å²) in [6.45, 7) is 1.70. The van der Waals surface area contributed by atoms with Crippen molar-refractivity contribution >= 4 is 28.1 Å². The Hall–Kier alpha value is -0.620. The first kappa shape index (κ1) is 15.4. The average molecular weight is 292 g/mol. The molecule has 1 rings (SSSR count). The predicted molar refractivity (Wildman–Crippen MR) is 74.5 cm³/mol. The molecule has 0 saturated carbocycles. The van der Waals surface area contributed by atoms with E-state index in [-0.39, 0.29) is 0 Å². The molecule has 4 nitrogen and oxygen atoms in total. The first-order valence-corrected chi connectivity index (χ1v) is 7.35. The van der Waals surface area contributed by atoms with E-state index in [1.807, 2.05) is 0 Å². The smallest absolute Gasteiger partial charge is 0.0700 e. The second kappa shape index (κ2) is 8.48. The summed E-state index contributed by atoms with van der Waals surface area (Å²) >= 11 is 5.85. The van der Waals surface area contributed by atoms with Gasteiger partial charge in [0.25, 0.3) is 0 Å². The third-order valence-corrected chi connectivity index (χ3v) is 4.01. The summed E-state index contributed by atoms with van der Waals surface area (Å²) in [5.41, 5.74) is 6.27. The maximum Gasteiger partial charge on any atom is 0.0700 e. The quantitative estimate of drug-likeness (QED) is 0.588. The van der Waals surface area contributed by atoms with Crippen LogP contribution in [0.4, 0.5) is 5.69 Å². The Morgan fingerprint density at radius 1 is 1.33 bits per heavy atom. The second-order valence-corrected chi connectivity index (χ2v) is 5.67. The minimum atomic E-state index is -1.13. The number of methoxy groups -OCH3 is 1. The molecule has 0 heterocycles. The summed E-state index contributed by atoms with van der Waals surface area (Å²) in [5.74, 6) is 0.511. The Bertz CT molecular complexity index is 401. The Morgan fingerprint density at radius 2 is 2.11 bits per heavy atom. The van der Waals surface area contributed by atoms with Gasteiger partial charge in [0.05, 0.1) is 28.9 Å². The number of ether oxygens (including phenoxy) is 2. The fourth-order valence-corrected chi connectivity index (χ4v) is 2.78. The molecule has 0 aliphatic heterocycles. The van der Waals surface area contributed by atoms with Gasteiger partial charge in [-0.15, -0.1) is 0 Å². The predicted octanol–water partition coefficient (Wildman–Crippen LogP) is 2.08. The van der Waals surface area contributed by atoms with Crippen LogP contribution >= 0.6 is 11.6 Å². The highest BCUT2D eigenvalue weighted by Crippen LogP contribution is 2.21. The zero-order valence-electron chi connectivity index (χ0n) is 10.4. The fourth-order valence-electron chi connectivity index (χ4n) is 1.35. The van der Waals surface area contributed by atoms with E-state index in [1.165, 1.54) is 0 Å². The first-order chi connectivity index (χ1) is 8.65. The number of nitrogens with two attached hydrogens (primary N) is 1. The highest BCUT2D eigenvalue weighted by molar-refractivity contribution is 7.85. The molecule has 0 saturated heterocycles. The van der Waals surface area contributed by atoms with E-state index in [0.717, 1.165) is 0 Å². The van der Waals surface area contributed by atoms with Crippen LogP contribution in [0.15, 0.2) is 23.1 Å². The van der Waals surface area contributed by atoms with Crippen LogP contribution in [0.2, 0.25) is 5.02 Å². The molecule has 1 aromatic carbocycles. The van der Waals surface area contributed by atoms with Crippen molar-refractivity contribution in [3.8, 4) is 0 Å². The van der Waals surface area contributed by atoms with Crippen LogP contribution < -0.4 is 5.73 Å². The molecule has 0 fully saturated rings. The van der Waals surface area contributed by atoms with E-state index in [4.69, 9.17) is 26.8 Å². The molecule has 1 aromatic rings. The molecule has 0 amide bonds. The normalized spacial score (nSPS) is 12.6. The molecule has 0 aliphatic carbocycles. The van der Waals surface area contributed by atoms with Gasteiger partial charge in [0.1, 0.15) is 0 Å². The average Bonchev–Trinajstić information content (AvgIpc) is 2.36. The lowest BCUT2D eigenvalue weighted by molar-refractivity contribution is 0.0713. The Kier molecular flexibility index (Phi) is 7.27. The number of rotatable bonds is 8. The van der Waals surface area contributed by atoms with Crippen molar-refractivity contribution in [2.24, 2.45) is 0 Å². The Balaban J connectivity index is 2.34. The molecule has 1 unspecified atom stereocenters. The van der Waals surface area contributed by atoms with Crippen LogP contribution in [-0.4, -0.2) is 36.9 Å². The molecule has 0 radical (unpaired) electrons. The van der Waals surface area contributed by atoms with Crippen LogP contribution in [0.1, 0.15) is 6.42 Å². The standard InChI is InChI=1S/C12H18ClNO3S/c1-16-6-7-17-5-2-8-18(15)12-9-10(13)3-4-11(12)14/h3-4,9H,2,5-8,14H2,1H3. The van der Waals surface area contributed by atoms with Gasteiger partial charge in [-0.05, 0) is 24.6 Å². The summed E-state index contributed by atoms with van der Waals surface area (Å²) in [7, 11) is 0.492. The highest BCUT2D eigenvalue weighted by Gasteiger charge is 2.08. The highest BCUT2D eigenvalue weighted by atomic mass is 35.5. The van der Waals surface area contributed by atoms with Crippen molar-refractivity contribution < 1.29 is 13.7 Å². The van der Waals surface area contributed by atoms with E-state index >= 15 is 0 Å². The van der Waals surface area contributed by atoms with E-state index in [1.54, 1.807) is 25.3 Å². The minimum absolute atomic E-state index is 0.511. The third kappa shape index (κ3) is 5.35. The first-order valence-electron chi connectivity index (χ1n) is 5.65. The molecular formula is C12H18ClNO3S. The lowest BCUT2D eigenvalue weighted by Gasteiger charge is -2.07. The topological polar surface area (TPSA) is 61.5 Å². The van der Waals surface area contributed by atoms with E-state index < -0.39 is 10.8 Å². The molecular weight excluding hydrogens is 274 g/mol. The van der Waals surface area contributed by atoms with Crippen LogP contribution in [0.5, 0.6) is 0 Å². The van der Waals surface area contributed by atoms with Gasteiger partial charge in [0.2, 0.25) is 0 Å². The maximum absolute atomic E-state index is 12.0. The van der Waals surface area contributed by atoms with Gasteiger partial charge in [-0.1, -0.05) is 11.6 Å². The van der Waals surface area contributed by atoms with Crippen molar-refractivity contribution in [1.82, 2.24) is 0 Å². The fraction of sp³-hybridized carbons (Fsp3) is 0.500. The van der Waals surface area contributed by atoms with Crippen molar-refractivity contribution in [3.05, 3.63) is 23.2 Å². The molecule has 18 heavy (non-hydrogen) atoms. The number of benzene rings is 1. The summed E-state index contributed by atoms with van der Waals surface area (Å²) in [4.78, 5) is 0.597. The van der Waals surface area contributed by atoms with Gasteiger partial charge in [-0.25, -0.2) is 0 Å². The summed E-state index contributed by atoms with van der Waals surface area (Å²) < 4.78 is 22.1. The number of anilines is 1. The maximum atomic E-state index is 12.0. The number of hydrogen-bond acceptors (Lipinski definition) is 4. The molecule has 1 atom stereocenters. The van der Waals surface area contributed by atoms with E-state index in [9.17, 15) is 4.21 Å². The van der Waals surface area contributed by atoms with Crippen molar-refractivity contribution in [2.75, 3.05) is 38.4 Å². The van der Waals surface area contributed by atoms with Crippen molar-refractivity contribution in [3.63, 3.8) is 0 Å². The number of halogens is 1. The van der Waals surface area contributed by atoms with Crippen LogP contribution in [0.25, 0.3) is 0 Å². The van der Waals surface area contributed by atoms with Crippen LogP contribution in [0.3, 0.4) is 0 Å². The monoisotopic (exact) mass is 291 g/mol. The largest absolute Gasteiger partial charge is 0.398 e. The minimum Gasteiger partial charge on any atom is -0.398 e. The Labute approximate surface area is 115 Å². The van der Waals surface area contributed by atoms with Crippen LogP contribution in [-0.2, 0) is 20.3 Å². The zero-order valence-corrected chi connectivity index (χ0v) is 11.9. The van der Waals surface area contributed by atoms with Crippen LogP contribution in [0, 0.1) is 0 Å². The zero-order chi connectivity index (χ0) is 13.4. The lowest BCUT2D eigenvalue weighted by Crippen LogP contribution is -2.07. The molecule has 0 aromatic heterocycles. The van der Waals surface area contributed by atoms with Crippen molar-refractivity contribution in [2.45, 2.75) is 11.3 Å². The van der Waals surface area contributed by atoms with Gasteiger partial charge >= 0.3 is 0 Å². The molecule has 0 spiro atoms. The van der Waals surface area contributed by atoms with Gasteiger partial charge in [-0.2, -0.15) is 0 Å². The van der Waals surface area contributed by atoms with Gasteiger partial charge in [0, 0.05) is 30.2 Å². The number of hydrogen-bond donors (Lipinski definition) is 1. The van der Waals surface area contributed by atoms with Crippen molar-refractivity contribution in [1.29, 1.82) is 0 Å². The van der Waals surface area contributed by atoms with Gasteiger partial charge < -0.3 is 15.2 Å². The summed E-state index contributed by atoms with van der Waals surface area (Å²) in [6, 6.07) is 5.01. The Morgan fingerprint density at radius 3 is 2.83 bits per heavy atom. The lowest BCUT2D eigenvalue weighted by atomic mass is 10.3.